The first-order valence-electron chi connectivity index (χ1n) is 11.1. The van der Waals surface area contributed by atoms with Crippen molar-refractivity contribution < 1.29 is 23.8 Å². The molecule has 7 heteroatoms. The van der Waals surface area contributed by atoms with Crippen LogP contribution in [0.1, 0.15) is 50.4 Å². The van der Waals surface area contributed by atoms with Crippen molar-refractivity contribution in [3.05, 3.63) is 66.6 Å². The standard InChI is InChI=1S/C26H28N2O5/c1-4-6-25(29)32-20-9-7-19(8-10-20)26(30)33-24-12-11-21(31-17-18(3)5-2)15-22(24)23-16-27-13-14-28-23/h7-16,18H,4-6,17H2,1-3H3. The summed E-state index contributed by atoms with van der Waals surface area (Å²) in [5.41, 5.74) is 1.49. The second kappa shape index (κ2) is 11.8. The zero-order chi connectivity index (χ0) is 23.6. The fourth-order valence-electron chi connectivity index (χ4n) is 2.89. The molecule has 7 nitrogen and oxygen atoms in total. The van der Waals surface area contributed by atoms with E-state index in [1.165, 1.54) is 0 Å². The molecule has 1 aromatic heterocycles. The molecule has 1 atom stereocenters. The average molecular weight is 449 g/mol. The first-order chi connectivity index (χ1) is 16.0. The topological polar surface area (TPSA) is 87.6 Å². The molecule has 0 bridgehead atoms. The van der Waals surface area contributed by atoms with Crippen LogP contribution >= 0.6 is 0 Å². The molecule has 0 saturated carbocycles. The lowest BCUT2D eigenvalue weighted by Crippen LogP contribution is -2.11. The van der Waals surface area contributed by atoms with Gasteiger partial charge in [-0.1, -0.05) is 27.2 Å². The van der Waals surface area contributed by atoms with E-state index in [1.807, 2.05) is 6.92 Å². The Morgan fingerprint density at radius 3 is 2.39 bits per heavy atom. The van der Waals surface area contributed by atoms with Crippen LogP contribution < -0.4 is 14.2 Å². The summed E-state index contributed by atoms with van der Waals surface area (Å²) in [7, 11) is 0. The van der Waals surface area contributed by atoms with Crippen molar-refractivity contribution in [3.8, 4) is 28.5 Å². The zero-order valence-corrected chi connectivity index (χ0v) is 19.1. The number of carbonyl (C=O) groups excluding carboxylic acids is 2. The molecule has 0 N–H and O–H groups in total. The molecule has 0 fully saturated rings. The molecule has 172 valence electrons. The van der Waals surface area contributed by atoms with E-state index in [4.69, 9.17) is 14.2 Å². The summed E-state index contributed by atoms with van der Waals surface area (Å²) in [4.78, 5) is 32.9. The number of esters is 2. The van der Waals surface area contributed by atoms with Gasteiger partial charge in [-0.2, -0.15) is 0 Å². The van der Waals surface area contributed by atoms with Crippen LogP contribution in [0.3, 0.4) is 0 Å². The summed E-state index contributed by atoms with van der Waals surface area (Å²) in [5, 5.41) is 0. The first kappa shape index (κ1) is 23.9. The Bertz CT molecular complexity index is 1070. The fourth-order valence-corrected chi connectivity index (χ4v) is 2.89. The molecule has 0 aliphatic carbocycles. The SMILES string of the molecule is CCCC(=O)Oc1ccc(C(=O)Oc2ccc(OCC(C)CC)cc2-c2cnccn2)cc1. The minimum absolute atomic E-state index is 0.308. The lowest BCUT2D eigenvalue weighted by molar-refractivity contribution is -0.134. The summed E-state index contributed by atoms with van der Waals surface area (Å²) < 4.78 is 16.8. The maximum Gasteiger partial charge on any atom is 0.343 e. The number of rotatable bonds is 10. The maximum atomic E-state index is 12.8. The van der Waals surface area contributed by atoms with Gasteiger partial charge in [0.2, 0.25) is 0 Å². The highest BCUT2D eigenvalue weighted by molar-refractivity contribution is 5.92. The molecule has 1 unspecified atom stereocenters. The van der Waals surface area contributed by atoms with E-state index in [-0.39, 0.29) is 5.97 Å². The van der Waals surface area contributed by atoms with Gasteiger partial charge in [-0.15, -0.1) is 0 Å². The summed E-state index contributed by atoms with van der Waals surface area (Å²) in [6.45, 7) is 6.73. The Morgan fingerprint density at radius 2 is 1.73 bits per heavy atom. The van der Waals surface area contributed by atoms with Gasteiger partial charge in [-0.25, -0.2) is 4.79 Å². The van der Waals surface area contributed by atoms with E-state index in [0.29, 0.717) is 59.4 Å². The smallest absolute Gasteiger partial charge is 0.343 e. The molecule has 0 radical (unpaired) electrons. The third-order valence-electron chi connectivity index (χ3n) is 5.00. The molecule has 0 aliphatic rings. The zero-order valence-electron chi connectivity index (χ0n) is 19.1. The average Bonchev–Trinajstić information content (AvgIpc) is 2.84. The number of hydrogen-bond donors (Lipinski definition) is 0. The first-order valence-corrected chi connectivity index (χ1v) is 11.1. The molecule has 0 spiro atoms. The summed E-state index contributed by atoms with van der Waals surface area (Å²) in [6.07, 6.45) is 6.82. The number of aromatic nitrogens is 2. The quantitative estimate of drug-likeness (QED) is 0.299. The number of carbonyl (C=O) groups is 2. The van der Waals surface area contributed by atoms with E-state index in [2.05, 4.69) is 23.8 Å². The molecule has 2 aromatic carbocycles. The van der Waals surface area contributed by atoms with Crippen molar-refractivity contribution in [2.24, 2.45) is 5.92 Å². The van der Waals surface area contributed by atoms with Crippen LogP contribution in [0.5, 0.6) is 17.2 Å². The van der Waals surface area contributed by atoms with Gasteiger partial charge in [0.05, 0.1) is 24.1 Å². The maximum absolute atomic E-state index is 12.8. The normalized spacial score (nSPS) is 11.5. The third kappa shape index (κ3) is 6.87. The second-order valence-corrected chi connectivity index (χ2v) is 7.71. The molecule has 3 rings (SSSR count). The van der Waals surface area contributed by atoms with Gasteiger partial charge >= 0.3 is 11.9 Å². The summed E-state index contributed by atoms with van der Waals surface area (Å²) >= 11 is 0. The largest absolute Gasteiger partial charge is 0.493 e. The van der Waals surface area contributed by atoms with Crippen molar-refractivity contribution >= 4 is 11.9 Å². The molecular formula is C26H28N2O5. The van der Waals surface area contributed by atoms with Gasteiger partial charge in [-0.3, -0.25) is 14.8 Å². The van der Waals surface area contributed by atoms with E-state index >= 15 is 0 Å². The number of ether oxygens (including phenoxy) is 3. The van der Waals surface area contributed by atoms with Crippen molar-refractivity contribution in [1.29, 1.82) is 0 Å². The van der Waals surface area contributed by atoms with Crippen molar-refractivity contribution in [2.45, 2.75) is 40.0 Å². The highest BCUT2D eigenvalue weighted by Gasteiger charge is 2.16. The third-order valence-corrected chi connectivity index (χ3v) is 5.00. The Labute approximate surface area is 193 Å². The Hall–Kier alpha value is -3.74. The lowest BCUT2D eigenvalue weighted by Gasteiger charge is -2.14. The highest BCUT2D eigenvalue weighted by Crippen LogP contribution is 2.33. The molecule has 0 saturated heterocycles. The number of benzene rings is 2. The van der Waals surface area contributed by atoms with E-state index < -0.39 is 5.97 Å². The van der Waals surface area contributed by atoms with Crippen molar-refractivity contribution in [1.82, 2.24) is 9.97 Å². The summed E-state index contributed by atoms with van der Waals surface area (Å²) in [5.74, 6) is 0.959. The van der Waals surface area contributed by atoms with Crippen LogP contribution in [0.4, 0.5) is 0 Å². The van der Waals surface area contributed by atoms with Crippen LogP contribution in [0.15, 0.2) is 61.1 Å². The van der Waals surface area contributed by atoms with E-state index in [1.54, 1.807) is 61.1 Å². The van der Waals surface area contributed by atoms with Crippen LogP contribution in [-0.2, 0) is 4.79 Å². The number of hydrogen-bond acceptors (Lipinski definition) is 7. The Balaban J connectivity index is 1.79. The van der Waals surface area contributed by atoms with Gasteiger partial charge in [0.25, 0.3) is 0 Å². The molecule has 0 amide bonds. The van der Waals surface area contributed by atoms with Crippen LogP contribution in [0.2, 0.25) is 0 Å². The van der Waals surface area contributed by atoms with E-state index in [0.717, 1.165) is 6.42 Å². The molecule has 3 aromatic rings. The van der Waals surface area contributed by atoms with Crippen LogP contribution in [0.25, 0.3) is 11.3 Å². The van der Waals surface area contributed by atoms with Gasteiger partial charge in [0, 0.05) is 24.4 Å². The predicted octanol–water partition coefficient (Wildman–Crippen LogP) is 5.49. The Morgan fingerprint density at radius 1 is 0.970 bits per heavy atom. The van der Waals surface area contributed by atoms with Crippen molar-refractivity contribution in [2.75, 3.05) is 6.61 Å². The molecule has 1 heterocycles. The Kier molecular flexibility index (Phi) is 8.52. The van der Waals surface area contributed by atoms with Gasteiger partial charge in [0.15, 0.2) is 0 Å². The van der Waals surface area contributed by atoms with Gasteiger partial charge in [0.1, 0.15) is 17.2 Å². The van der Waals surface area contributed by atoms with E-state index in [9.17, 15) is 9.59 Å². The van der Waals surface area contributed by atoms with Gasteiger partial charge < -0.3 is 14.2 Å². The highest BCUT2D eigenvalue weighted by atomic mass is 16.5. The molecule has 0 aliphatic heterocycles. The van der Waals surface area contributed by atoms with Crippen LogP contribution in [0, 0.1) is 5.92 Å². The predicted molar refractivity (Wildman–Crippen MR) is 124 cm³/mol. The fraction of sp³-hybridized carbons (Fsp3) is 0.308. The molecular weight excluding hydrogens is 420 g/mol. The monoisotopic (exact) mass is 448 g/mol. The lowest BCUT2D eigenvalue weighted by atomic mass is 10.1. The molecule has 33 heavy (non-hydrogen) atoms. The number of nitrogens with zero attached hydrogens (tertiary/aromatic N) is 2. The second-order valence-electron chi connectivity index (χ2n) is 7.71. The summed E-state index contributed by atoms with van der Waals surface area (Å²) in [6, 6.07) is 11.5. The minimum Gasteiger partial charge on any atom is -0.493 e. The van der Waals surface area contributed by atoms with Crippen LogP contribution in [-0.4, -0.2) is 28.5 Å². The van der Waals surface area contributed by atoms with Crippen molar-refractivity contribution in [3.63, 3.8) is 0 Å². The minimum atomic E-state index is -0.542. The van der Waals surface area contributed by atoms with Gasteiger partial charge in [-0.05, 0) is 54.8 Å².